The van der Waals surface area contributed by atoms with Gasteiger partial charge in [-0.05, 0) is 18.5 Å². The Morgan fingerprint density at radius 1 is 1.75 bits per heavy atom. The Hall–Kier alpha value is -0.940. The predicted molar refractivity (Wildman–Crippen MR) is 45.0 cm³/mol. The van der Waals surface area contributed by atoms with Crippen LogP contribution in [0, 0.1) is 0 Å². The maximum absolute atomic E-state index is 8.71. The van der Waals surface area contributed by atoms with Crippen LogP contribution in [0.1, 0.15) is 6.92 Å². The van der Waals surface area contributed by atoms with Crippen LogP contribution in [0.25, 0.3) is 0 Å². The fourth-order valence-corrected chi connectivity index (χ4v) is 0.784. The zero-order chi connectivity index (χ0) is 8.97. The van der Waals surface area contributed by atoms with Gasteiger partial charge in [0.25, 0.3) is 0 Å². The van der Waals surface area contributed by atoms with Crippen LogP contribution in [-0.2, 0) is 0 Å². The molecule has 0 amide bonds. The highest BCUT2D eigenvalue weighted by Crippen LogP contribution is 2.04. The Balaban J connectivity index is 2.63. The highest BCUT2D eigenvalue weighted by atomic mass is 35.5. The normalized spacial score (nSPS) is 12.6. The summed E-state index contributed by atoms with van der Waals surface area (Å²) in [7, 11) is 0. The molecule has 1 heterocycles. The van der Waals surface area contributed by atoms with Gasteiger partial charge in [0.2, 0.25) is 5.28 Å². The number of halogens is 1. The molecule has 0 fully saturated rings. The number of aromatic nitrogens is 3. The molecule has 0 spiro atoms. The number of nitrogens with zero attached hydrogens (tertiary/aromatic N) is 3. The molecule has 0 aliphatic rings. The molecule has 6 heteroatoms. The summed E-state index contributed by atoms with van der Waals surface area (Å²) in [6.45, 7) is 1.84. The second-order valence-corrected chi connectivity index (χ2v) is 2.68. The number of nitrogens with one attached hydrogen (secondary N) is 1. The summed E-state index contributed by atoms with van der Waals surface area (Å²) >= 11 is 5.48. The fraction of sp³-hybridized carbons (Fsp3) is 0.500. The zero-order valence-electron chi connectivity index (χ0n) is 6.53. The molecule has 0 saturated carbocycles. The summed E-state index contributed by atoms with van der Waals surface area (Å²) in [6, 6.07) is -0.0715. The van der Waals surface area contributed by atoms with E-state index in [1.165, 1.54) is 6.20 Å². The minimum absolute atomic E-state index is 0.0294. The summed E-state index contributed by atoms with van der Waals surface area (Å²) in [5, 5.41) is 18.7. The first kappa shape index (κ1) is 9.15. The summed E-state index contributed by atoms with van der Waals surface area (Å²) in [5.41, 5.74) is 0. The lowest BCUT2D eigenvalue weighted by molar-refractivity contribution is 0.281. The van der Waals surface area contributed by atoms with E-state index in [1.54, 1.807) is 0 Å². The molecule has 1 atom stereocenters. The van der Waals surface area contributed by atoms with Crippen molar-refractivity contribution < 1.29 is 5.11 Å². The molecule has 0 aliphatic heterocycles. The van der Waals surface area contributed by atoms with E-state index in [0.717, 1.165) is 0 Å². The third-order valence-corrected chi connectivity index (χ3v) is 1.36. The van der Waals surface area contributed by atoms with E-state index in [0.29, 0.717) is 5.82 Å². The van der Waals surface area contributed by atoms with Gasteiger partial charge < -0.3 is 10.4 Å². The Kier molecular flexibility index (Phi) is 3.19. The molecule has 66 valence electrons. The summed E-state index contributed by atoms with van der Waals surface area (Å²) in [6.07, 6.45) is 1.44. The lowest BCUT2D eigenvalue weighted by Crippen LogP contribution is -2.20. The third kappa shape index (κ3) is 2.60. The van der Waals surface area contributed by atoms with Crippen LogP contribution in [0.3, 0.4) is 0 Å². The molecular weight excluding hydrogens is 180 g/mol. The molecule has 12 heavy (non-hydrogen) atoms. The minimum Gasteiger partial charge on any atom is -0.394 e. The van der Waals surface area contributed by atoms with Crippen molar-refractivity contribution in [2.24, 2.45) is 0 Å². The second-order valence-electron chi connectivity index (χ2n) is 2.34. The van der Waals surface area contributed by atoms with E-state index in [9.17, 15) is 0 Å². The largest absolute Gasteiger partial charge is 0.394 e. The van der Waals surface area contributed by atoms with Gasteiger partial charge in [-0.2, -0.15) is 10.1 Å². The van der Waals surface area contributed by atoms with Crippen LogP contribution in [0.5, 0.6) is 0 Å². The lowest BCUT2D eigenvalue weighted by Gasteiger charge is -2.09. The number of anilines is 1. The van der Waals surface area contributed by atoms with E-state index in [2.05, 4.69) is 20.5 Å². The molecule has 1 unspecified atom stereocenters. The van der Waals surface area contributed by atoms with Gasteiger partial charge in [0.1, 0.15) is 5.82 Å². The van der Waals surface area contributed by atoms with Crippen molar-refractivity contribution in [3.05, 3.63) is 11.5 Å². The highest BCUT2D eigenvalue weighted by molar-refractivity contribution is 6.28. The maximum atomic E-state index is 8.71. The van der Waals surface area contributed by atoms with E-state index in [-0.39, 0.29) is 17.9 Å². The van der Waals surface area contributed by atoms with Crippen molar-refractivity contribution in [3.63, 3.8) is 0 Å². The molecule has 1 aromatic heterocycles. The van der Waals surface area contributed by atoms with Crippen LogP contribution in [0.4, 0.5) is 5.82 Å². The van der Waals surface area contributed by atoms with Crippen molar-refractivity contribution in [1.82, 2.24) is 15.2 Å². The predicted octanol–water partition coefficient (Wildman–Crippen LogP) is 0.318. The van der Waals surface area contributed by atoms with Crippen molar-refractivity contribution in [2.45, 2.75) is 13.0 Å². The number of hydrogen-bond acceptors (Lipinski definition) is 5. The Morgan fingerprint density at radius 2 is 2.50 bits per heavy atom. The molecule has 1 aromatic rings. The van der Waals surface area contributed by atoms with Crippen LogP contribution in [-0.4, -0.2) is 32.9 Å². The quantitative estimate of drug-likeness (QED) is 0.715. The third-order valence-electron chi connectivity index (χ3n) is 1.20. The smallest absolute Gasteiger partial charge is 0.244 e. The van der Waals surface area contributed by atoms with Gasteiger partial charge in [-0.3, -0.25) is 0 Å². The van der Waals surface area contributed by atoms with Gasteiger partial charge >= 0.3 is 0 Å². The Bertz CT molecular complexity index is 257. The Labute approximate surface area is 74.8 Å². The SMILES string of the molecule is CC(CO)Nc1cnnc(Cl)n1. The van der Waals surface area contributed by atoms with E-state index in [4.69, 9.17) is 16.7 Å². The monoisotopic (exact) mass is 188 g/mol. The zero-order valence-corrected chi connectivity index (χ0v) is 7.28. The van der Waals surface area contributed by atoms with Crippen molar-refractivity contribution in [1.29, 1.82) is 0 Å². The first-order valence-electron chi connectivity index (χ1n) is 3.45. The van der Waals surface area contributed by atoms with Gasteiger partial charge in [-0.15, -0.1) is 5.10 Å². The summed E-state index contributed by atoms with van der Waals surface area (Å²) in [5.74, 6) is 0.511. The number of aliphatic hydroxyl groups excluding tert-OH is 1. The van der Waals surface area contributed by atoms with Gasteiger partial charge in [0, 0.05) is 6.04 Å². The molecule has 1 rings (SSSR count). The summed E-state index contributed by atoms with van der Waals surface area (Å²) in [4.78, 5) is 3.83. The number of aliphatic hydroxyl groups is 1. The van der Waals surface area contributed by atoms with Gasteiger partial charge in [0.15, 0.2) is 0 Å². The topological polar surface area (TPSA) is 70.9 Å². The highest BCUT2D eigenvalue weighted by Gasteiger charge is 2.01. The van der Waals surface area contributed by atoms with Crippen LogP contribution < -0.4 is 5.32 Å². The molecule has 0 aromatic carbocycles. The van der Waals surface area contributed by atoms with E-state index < -0.39 is 0 Å². The minimum atomic E-state index is -0.0715. The molecule has 0 bridgehead atoms. The summed E-state index contributed by atoms with van der Waals surface area (Å²) < 4.78 is 0. The number of hydrogen-bond donors (Lipinski definition) is 2. The van der Waals surface area contributed by atoms with Crippen LogP contribution in [0.15, 0.2) is 6.20 Å². The van der Waals surface area contributed by atoms with Gasteiger partial charge in [0.05, 0.1) is 12.8 Å². The standard InChI is InChI=1S/C6H9ClN4O/c1-4(3-12)9-5-2-8-11-6(7)10-5/h2,4,12H,3H2,1H3,(H,9,10,11). The van der Waals surface area contributed by atoms with Gasteiger partial charge in [-0.1, -0.05) is 0 Å². The Morgan fingerprint density at radius 3 is 3.08 bits per heavy atom. The molecule has 0 saturated heterocycles. The maximum Gasteiger partial charge on any atom is 0.244 e. The van der Waals surface area contributed by atoms with Crippen molar-refractivity contribution in [2.75, 3.05) is 11.9 Å². The molecule has 2 N–H and O–H groups in total. The van der Waals surface area contributed by atoms with Crippen LogP contribution >= 0.6 is 11.6 Å². The van der Waals surface area contributed by atoms with Crippen LogP contribution in [0.2, 0.25) is 5.28 Å². The van der Waals surface area contributed by atoms with E-state index >= 15 is 0 Å². The lowest BCUT2D eigenvalue weighted by atomic mass is 10.4. The molecule has 0 radical (unpaired) electrons. The molecule has 0 aliphatic carbocycles. The second kappa shape index (κ2) is 4.18. The van der Waals surface area contributed by atoms with Gasteiger partial charge in [-0.25, -0.2) is 0 Å². The average molecular weight is 189 g/mol. The first-order chi connectivity index (χ1) is 5.72. The fourth-order valence-electron chi connectivity index (χ4n) is 0.649. The van der Waals surface area contributed by atoms with E-state index in [1.807, 2.05) is 6.92 Å². The molecular formula is C6H9ClN4O. The average Bonchev–Trinajstić information content (AvgIpc) is 2.04. The van der Waals surface area contributed by atoms with Crippen molar-refractivity contribution >= 4 is 17.4 Å². The first-order valence-corrected chi connectivity index (χ1v) is 3.83. The molecule has 5 nitrogen and oxygen atoms in total. The van der Waals surface area contributed by atoms with Crippen molar-refractivity contribution in [3.8, 4) is 0 Å². The number of rotatable bonds is 3.